The standard InChI is InChI=1S/C23H27ClF3N3O3S.ClH/c1-21(2)12-16(13-22(3,4)30-21)28-20(31)18-11-17(8-9-19(18)24)34(32,33)29-15-7-5-6-14(10-15)23(25,26)27;/h5-11,16,29-30H,12-13H2,1-4H3,(H,28,31);1H. The Bertz CT molecular complexity index is 1190. The molecule has 0 saturated carbocycles. The lowest BCUT2D eigenvalue weighted by Gasteiger charge is -2.46. The molecule has 1 saturated heterocycles. The highest BCUT2D eigenvalue weighted by Crippen LogP contribution is 2.32. The largest absolute Gasteiger partial charge is 0.416 e. The number of amides is 1. The van der Waals surface area contributed by atoms with Gasteiger partial charge in [0.2, 0.25) is 0 Å². The molecule has 3 rings (SSSR count). The van der Waals surface area contributed by atoms with Crippen LogP contribution in [0.1, 0.15) is 56.5 Å². The van der Waals surface area contributed by atoms with Crippen LogP contribution >= 0.6 is 24.0 Å². The fourth-order valence-electron chi connectivity index (χ4n) is 4.51. The topological polar surface area (TPSA) is 87.3 Å². The molecule has 2 aromatic carbocycles. The highest BCUT2D eigenvalue weighted by atomic mass is 35.5. The minimum atomic E-state index is -4.62. The van der Waals surface area contributed by atoms with Gasteiger partial charge in [0.05, 0.1) is 21.0 Å². The molecule has 0 aromatic heterocycles. The number of carbonyl (C=O) groups excluding carboxylic acids is 1. The number of hydrogen-bond acceptors (Lipinski definition) is 4. The molecule has 0 atom stereocenters. The first-order chi connectivity index (χ1) is 15.5. The van der Waals surface area contributed by atoms with Gasteiger partial charge in [0.1, 0.15) is 0 Å². The van der Waals surface area contributed by atoms with E-state index in [-0.39, 0.29) is 50.7 Å². The summed E-state index contributed by atoms with van der Waals surface area (Å²) >= 11 is 6.19. The molecule has 0 aliphatic carbocycles. The number of carbonyl (C=O) groups is 1. The van der Waals surface area contributed by atoms with Gasteiger partial charge in [0.15, 0.2) is 0 Å². The number of benzene rings is 2. The summed E-state index contributed by atoms with van der Waals surface area (Å²) < 4.78 is 66.7. The van der Waals surface area contributed by atoms with E-state index in [2.05, 4.69) is 15.4 Å². The molecule has 6 nitrogen and oxygen atoms in total. The minimum Gasteiger partial charge on any atom is -0.349 e. The number of anilines is 1. The lowest BCUT2D eigenvalue weighted by Crippen LogP contribution is -2.62. The molecular weight excluding hydrogens is 526 g/mol. The Hall–Kier alpha value is -2.01. The number of piperidine rings is 1. The van der Waals surface area contributed by atoms with Gasteiger partial charge in [0, 0.05) is 22.8 Å². The van der Waals surface area contributed by atoms with Crippen molar-refractivity contribution in [3.63, 3.8) is 0 Å². The number of alkyl halides is 3. The zero-order chi connectivity index (χ0) is 25.5. The summed E-state index contributed by atoms with van der Waals surface area (Å²) in [6.45, 7) is 8.14. The van der Waals surface area contributed by atoms with Gasteiger partial charge in [-0.2, -0.15) is 13.2 Å². The van der Waals surface area contributed by atoms with Crippen LogP contribution in [0.15, 0.2) is 47.4 Å². The zero-order valence-electron chi connectivity index (χ0n) is 19.6. The highest BCUT2D eigenvalue weighted by Gasteiger charge is 2.38. The van der Waals surface area contributed by atoms with Gasteiger partial charge in [-0.15, -0.1) is 12.4 Å². The predicted octanol–water partition coefficient (Wildman–Crippen LogP) is 5.62. The van der Waals surface area contributed by atoms with Crippen molar-refractivity contribution in [1.82, 2.24) is 10.6 Å². The van der Waals surface area contributed by atoms with E-state index in [1.54, 1.807) is 0 Å². The molecule has 12 heteroatoms. The summed E-state index contributed by atoms with van der Waals surface area (Å²) in [4.78, 5) is 12.7. The molecule has 0 radical (unpaired) electrons. The van der Waals surface area contributed by atoms with Gasteiger partial charge < -0.3 is 10.6 Å². The molecule has 0 unspecified atom stereocenters. The average molecular weight is 554 g/mol. The van der Waals surface area contributed by atoms with Crippen LogP contribution < -0.4 is 15.4 Å². The Morgan fingerprint density at radius 3 is 2.23 bits per heavy atom. The number of nitrogens with one attached hydrogen (secondary N) is 3. The first-order valence-electron chi connectivity index (χ1n) is 10.6. The van der Waals surface area contributed by atoms with Crippen molar-refractivity contribution >= 4 is 45.6 Å². The molecule has 2 aromatic rings. The van der Waals surface area contributed by atoms with E-state index in [4.69, 9.17) is 11.6 Å². The third kappa shape index (κ3) is 7.49. The SMILES string of the molecule is CC1(C)CC(NC(=O)c2cc(S(=O)(=O)Nc3cccc(C(F)(F)F)c3)ccc2Cl)CC(C)(C)N1.Cl. The van der Waals surface area contributed by atoms with Crippen LogP contribution in [-0.2, 0) is 16.2 Å². The van der Waals surface area contributed by atoms with Gasteiger partial charge in [-0.05, 0) is 76.9 Å². The van der Waals surface area contributed by atoms with Gasteiger partial charge in [0.25, 0.3) is 15.9 Å². The summed E-state index contributed by atoms with van der Waals surface area (Å²) in [7, 11) is -4.28. The second-order valence-electron chi connectivity index (χ2n) is 9.80. The van der Waals surface area contributed by atoms with Gasteiger partial charge in [-0.25, -0.2) is 8.42 Å². The number of rotatable bonds is 5. The maximum Gasteiger partial charge on any atom is 0.416 e. The molecule has 35 heavy (non-hydrogen) atoms. The van der Waals surface area contributed by atoms with Crippen LogP contribution in [0.25, 0.3) is 0 Å². The average Bonchev–Trinajstić information content (AvgIpc) is 2.64. The maximum atomic E-state index is 13.0. The van der Waals surface area contributed by atoms with Crippen molar-refractivity contribution in [1.29, 1.82) is 0 Å². The van der Waals surface area contributed by atoms with E-state index in [0.29, 0.717) is 18.9 Å². The number of halogens is 5. The van der Waals surface area contributed by atoms with Crippen molar-refractivity contribution in [2.24, 2.45) is 0 Å². The Balaban J connectivity index is 0.00000432. The van der Waals surface area contributed by atoms with E-state index in [1.807, 2.05) is 27.7 Å². The predicted molar refractivity (Wildman–Crippen MR) is 133 cm³/mol. The molecule has 0 spiro atoms. The first-order valence-corrected chi connectivity index (χ1v) is 12.4. The Kier molecular flexibility index (Phi) is 8.48. The third-order valence-corrected chi connectivity index (χ3v) is 7.17. The molecular formula is C23H28Cl2F3N3O3S. The normalized spacial score (nSPS) is 17.8. The van der Waals surface area contributed by atoms with E-state index in [1.165, 1.54) is 18.2 Å². The van der Waals surface area contributed by atoms with Crippen molar-refractivity contribution in [2.75, 3.05) is 4.72 Å². The monoisotopic (exact) mass is 553 g/mol. The van der Waals surface area contributed by atoms with Crippen LogP contribution in [-0.4, -0.2) is 31.4 Å². The van der Waals surface area contributed by atoms with Crippen molar-refractivity contribution in [2.45, 2.75) is 68.7 Å². The Morgan fingerprint density at radius 1 is 1.06 bits per heavy atom. The molecule has 1 aliphatic rings. The molecule has 3 N–H and O–H groups in total. The summed E-state index contributed by atoms with van der Waals surface area (Å²) in [5, 5.41) is 6.51. The summed E-state index contributed by atoms with van der Waals surface area (Å²) in [6, 6.07) is 7.25. The smallest absolute Gasteiger partial charge is 0.349 e. The third-order valence-electron chi connectivity index (χ3n) is 5.46. The van der Waals surface area contributed by atoms with Gasteiger partial charge in [-0.3, -0.25) is 9.52 Å². The zero-order valence-corrected chi connectivity index (χ0v) is 22.0. The van der Waals surface area contributed by atoms with Crippen molar-refractivity contribution in [3.8, 4) is 0 Å². The highest BCUT2D eigenvalue weighted by molar-refractivity contribution is 7.92. The molecule has 1 aliphatic heterocycles. The van der Waals surface area contributed by atoms with Crippen LogP contribution in [0.4, 0.5) is 18.9 Å². The Labute approximate surface area is 214 Å². The van der Waals surface area contributed by atoms with Crippen LogP contribution in [0.3, 0.4) is 0 Å². The molecule has 194 valence electrons. The fourth-order valence-corrected chi connectivity index (χ4v) is 5.78. The molecule has 0 bridgehead atoms. The van der Waals surface area contributed by atoms with Crippen LogP contribution in [0, 0.1) is 0 Å². The maximum absolute atomic E-state index is 13.0. The second-order valence-corrected chi connectivity index (χ2v) is 11.9. The first kappa shape index (κ1) is 29.2. The number of sulfonamides is 1. The summed E-state index contributed by atoms with van der Waals surface area (Å²) in [5.74, 6) is -0.528. The molecule has 1 heterocycles. The fraction of sp³-hybridized carbons (Fsp3) is 0.435. The lowest BCUT2D eigenvalue weighted by molar-refractivity contribution is -0.137. The van der Waals surface area contributed by atoms with E-state index < -0.39 is 27.7 Å². The van der Waals surface area contributed by atoms with E-state index >= 15 is 0 Å². The summed E-state index contributed by atoms with van der Waals surface area (Å²) in [5.41, 5.74) is -1.72. The van der Waals surface area contributed by atoms with Crippen LogP contribution in [0.2, 0.25) is 5.02 Å². The van der Waals surface area contributed by atoms with Crippen molar-refractivity contribution < 1.29 is 26.4 Å². The molecule has 1 amide bonds. The van der Waals surface area contributed by atoms with E-state index in [9.17, 15) is 26.4 Å². The van der Waals surface area contributed by atoms with Gasteiger partial charge in [-0.1, -0.05) is 17.7 Å². The lowest BCUT2D eigenvalue weighted by atomic mass is 9.79. The van der Waals surface area contributed by atoms with E-state index in [0.717, 1.165) is 18.2 Å². The minimum absolute atomic E-state index is 0. The molecule has 1 fully saturated rings. The van der Waals surface area contributed by atoms with Crippen molar-refractivity contribution in [3.05, 3.63) is 58.6 Å². The number of hydrogen-bond donors (Lipinski definition) is 3. The quantitative estimate of drug-likeness (QED) is 0.448. The second kappa shape index (κ2) is 10.2. The van der Waals surface area contributed by atoms with Crippen LogP contribution in [0.5, 0.6) is 0 Å². The Morgan fingerprint density at radius 2 is 1.66 bits per heavy atom. The summed E-state index contributed by atoms with van der Waals surface area (Å²) in [6.07, 6.45) is -3.30. The van der Waals surface area contributed by atoms with Gasteiger partial charge >= 0.3 is 6.18 Å².